The van der Waals surface area contributed by atoms with Crippen LogP contribution in [0.2, 0.25) is 0 Å². The van der Waals surface area contributed by atoms with E-state index in [1.165, 1.54) is 19.0 Å². The van der Waals surface area contributed by atoms with Crippen LogP contribution in [0.1, 0.15) is 43.0 Å². The maximum Gasteiger partial charge on any atom is 0.337 e. The molecule has 0 unspecified atom stereocenters. The van der Waals surface area contributed by atoms with E-state index in [0.29, 0.717) is 0 Å². The van der Waals surface area contributed by atoms with Crippen LogP contribution in [0, 0.1) is 5.92 Å². The summed E-state index contributed by atoms with van der Waals surface area (Å²) in [6.07, 6.45) is 6.26. The second kappa shape index (κ2) is 5.91. The fraction of sp³-hybridized carbons (Fsp3) is 0.571. The van der Waals surface area contributed by atoms with Crippen molar-refractivity contribution in [1.82, 2.24) is 4.98 Å². The van der Waals surface area contributed by atoms with Crippen LogP contribution in [-0.2, 0) is 0 Å². The molecule has 0 aromatic carbocycles. The Morgan fingerprint density at radius 3 is 2.79 bits per heavy atom. The average Bonchev–Trinajstić information content (AvgIpc) is 2.40. The minimum Gasteiger partial charge on any atom is -0.478 e. The number of piperidine rings is 1. The summed E-state index contributed by atoms with van der Waals surface area (Å²) in [5.74, 6) is 0.526. The first-order valence-electron chi connectivity index (χ1n) is 6.85. The molecule has 1 fully saturated rings. The lowest BCUT2D eigenvalue weighted by atomic mass is 9.92. The lowest BCUT2D eigenvalue weighted by molar-refractivity contribution is 0.0698. The summed E-state index contributed by atoms with van der Waals surface area (Å²) >= 11 is 0. The Morgan fingerprint density at radius 2 is 2.21 bits per heavy atom. The molecule has 1 aliphatic heterocycles. The molecule has 2 rings (SSSR count). The van der Waals surface area contributed by atoms with Gasteiger partial charge in [0.2, 0.25) is 0 Å². The molecule has 0 aliphatic carbocycles. The van der Waals surface area contributed by atoms with Crippen LogP contribution in [0.25, 0.3) is 0 Å². The first kappa shape index (κ1) is 13.6. The number of anilines is 2. The molecule has 0 radical (unpaired) electrons. The van der Waals surface area contributed by atoms with Gasteiger partial charge in [0, 0.05) is 13.1 Å². The van der Waals surface area contributed by atoms with Crippen molar-refractivity contribution in [2.24, 2.45) is 5.92 Å². The Bertz CT molecular complexity index is 454. The zero-order valence-electron chi connectivity index (χ0n) is 11.3. The Morgan fingerprint density at radius 1 is 1.53 bits per heavy atom. The smallest absolute Gasteiger partial charge is 0.337 e. The fourth-order valence-electron chi connectivity index (χ4n) is 2.67. The fourth-order valence-corrected chi connectivity index (χ4v) is 2.67. The zero-order valence-corrected chi connectivity index (χ0v) is 11.3. The lowest BCUT2D eigenvalue weighted by Crippen LogP contribution is -2.34. The summed E-state index contributed by atoms with van der Waals surface area (Å²) in [4.78, 5) is 17.5. The standard InChI is InChI=1S/C14H21N3O2/c1-2-3-10-4-6-17(7-5-10)13-8-11(14(18)19)12(15)9-16-13/h8-10H,2-7,15H2,1H3,(H,18,19). The summed E-state index contributed by atoms with van der Waals surface area (Å²) in [7, 11) is 0. The van der Waals surface area contributed by atoms with E-state index in [9.17, 15) is 4.79 Å². The molecule has 104 valence electrons. The molecule has 1 aromatic rings. The van der Waals surface area contributed by atoms with Gasteiger partial charge in [-0.05, 0) is 24.8 Å². The second-order valence-electron chi connectivity index (χ2n) is 5.15. The average molecular weight is 263 g/mol. The Labute approximate surface area is 113 Å². The van der Waals surface area contributed by atoms with E-state index in [0.717, 1.165) is 37.7 Å². The summed E-state index contributed by atoms with van der Waals surface area (Å²) < 4.78 is 0. The van der Waals surface area contributed by atoms with Gasteiger partial charge in [0.15, 0.2) is 0 Å². The van der Waals surface area contributed by atoms with Gasteiger partial charge in [-0.15, -0.1) is 0 Å². The van der Waals surface area contributed by atoms with Crippen molar-refractivity contribution in [2.45, 2.75) is 32.6 Å². The molecular weight excluding hydrogens is 242 g/mol. The number of aromatic nitrogens is 1. The summed E-state index contributed by atoms with van der Waals surface area (Å²) in [6.45, 7) is 4.11. The highest BCUT2D eigenvalue weighted by molar-refractivity contribution is 5.94. The highest BCUT2D eigenvalue weighted by atomic mass is 16.4. The van der Waals surface area contributed by atoms with Crippen molar-refractivity contribution >= 4 is 17.5 Å². The van der Waals surface area contributed by atoms with Gasteiger partial charge in [-0.1, -0.05) is 19.8 Å². The summed E-state index contributed by atoms with van der Waals surface area (Å²) in [5.41, 5.74) is 5.98. The van der Waals surface area contributed by atoms with E-state index in [1.807, 2.05) is 0 Å². The van der Waals surface area contributed by atoms with E-state index in [1.54, 1.807) is 6.07 Å². The van der Waals surface area contributed by atoms with Crippen molar-refractivity contribution in [1.29, 1.82) is 0 Å². The van der Waals surface area contributed by atoms with Gasteiger partial charge in [0.1, 0.15) is 5.82 Å². The topological polar surface area (TPSA) is 79.5 Å². The Kier molecular flexibility index (Phi) is 4.24. The molecule has 0 saturated carbocycles. The third-order valence-electron chi connectivity index (χ3n) is 3.79. The molecule has 1 saturated heterocycles. The minimum atomic E-state index is -0.998. The van der Waals surface area contributed by atoms with Crippen molar-refractivity contribution in [3.63, 3.8) is 0 Å². The molecule has 0 spiro atoms. The molecule has 0 bridgehead atoms. The first-order chi connectivity index (χ1) is 9.11. The number of carbonyl (C=O) groups is 1. The molecule has 0 amide bonds. The zero-order chi connectivity index (χ0) is 13.8. The second-order valence-corrected chi connectivity index (χ2v) is 5.15. The van der Waals surface area contributed by atoms with E-state index < -0.39 is 5.97 Å². The van der Waals surface area contributed by atoms with E-state index >= 15 is 0 Å². The van der Waals surface area contributed by atoms with Gasteiger partial charge in [0.25, 0.3) is 0 Å². The lowest BCUT2D eigenvalue weighted by Gasteiger charge is -2.32. The Balaban J connectivity index is 2.07. The van der Waals surface area contributed by atoms with Crippen LogP contribution < -0.4 is 10.6 Å². The predicted molar refractivity (Wildman–Crippen MR) is 75.5 cm³/mol. The molecule has 3 N–H and O–H groups in total. The van der Waals surface area contributed by atoms with Crippen LogP contribution >= 0.6 is 0 Å². The van der Waals surface area contributed by atoms with Crippen LogP contribution in [0.3, 0.4) is 0 Å². The van der Waals surface area contributed by atoms with Crippen LogP contribution in [-0.4, -0.2) is 29.1 Å². The minimum absolute atomic E-state index is 0.140. The summed E-state index contributed by atoms with van der Waals surface area (Å²) in [6, 6.07) is 1.58. The molecule has 1 aromatic heterocycles. The highest BCUT2D eigenvalue weighted by Crippen LogP contribution is 2.26. The maximum atomic E-state index is 11.1. The van der Waals surface area contributed by atoms with Gasteiger partial charge in [-0.25, -0.2) is 9.78 Å². The van der Waals surface area contributed by atoms with Crippen LogP contribution in [0.4, 0.5) is 11.5 Å². The van der Waals surface area contributed by atoms with Gasteiger partial charge >= 0.3 is 5.97 Å². The maximum absolute atomic E-state index is 11.1. The predicted octanol–water partition coefficient (Wildman–Crippen LogP) is 2.38. The third kappa shape index (κ3) is 3.16. The molecule has 5 nitrogen and oxygen atoms in total. The largest absolute Gasteiger partial charge is 0.478 e. The van der Waals surface area contributed by atoms with Gasteiger partial charge in [-0.2, -0.15) is 0 Å². The number of carboxylic acid groups (broad SMARTS) is 1. The first-order valence-corrected chi connectivity index (χ1v) is 6.85. The number of rotatable bonds is 4. The number of hydrogen-bond acceptors (Lipinski definition) is 4. The number of nitrogens with two attached hydrogens (primary N) is 1. The van der Waals surface area contributed by atoms with Crippen molar-refractivity contribution in [3.8, 4) is 0 Å². The molecule has 5 heteroatoms. The molecule has 1 aliphatic rings. The summed E-state index contributed by atoms with van der Waals surface area (Å²) in [5, 5.41) is 9.07. The number of hydrogen-bond donors (Lipinski definition) is 2. The quantitative estimate of drug-likeness (QED) is 0.871. The van der Waals surface area contributed by atoms with Gasteiger partial charge < -0.3 is 15.7 Å². The monoisotopic (exact) mass is 263 g/mol. The van der Waals surface area contributed by atoms with Crippen molar-refractivity contribution in [2.75, 3.05) is 23.7 Å². The normalized spacial score (nSPS) is 16.6. The van der Waals surface area contributed by atoms with E-state index in [-0.39, 0.29) is 11.3 Å². The number of nitrogen functional groups attached to an aromatic ring is 1. The molecular formula is C14H21N3O2. The SMILES string of the molecule is CCCC1CCN(c2cc(C(=O)O)c(N)cn2)CC1. The highest BCUT2D eigenvalue weighted by Gasteiger charge is 2.20. The van der Waals surface area contributed by atoms with Crippen LogP contribution in [0.5, 0.6) is 0 Å². The molecule has 2 heterocycles. The third-order valence-corrected chi connectivity index (χ3v) is 3.79. The van der Waals surface area contributed by atoms with Crippen molar-refractivity contribution < 1.29 is 9.90 Å². The van der Waals surface area contributed by atoms with Gasteiger partial charge in [-0.3, -0.25) is 0 Å². The molecule has 19 heavy (non-hydrogen) atoms. The Hall–Kier alpha value is -1.78. The number of nitrogens with zero attached hydrogens (tertiary/aromatic N) is 2. The van der Waals surface area contributed by atoms with E-state index in [4.69, 9.17) is 10.8 Å². The van der Waals surface area contributed by atoms with Gasteiger partial charge in [0.05, 0.1) is 17.4 Å². The number of pyridine rings is 1. The van der Waals surface area contributed by atoms with Crippen molar-refractivity contribution in [3.05, 3.63) is 17.8 Å². The number of aromatic carboxylic acids is 1. The van der Waals surface area contributed by atoms with Crippen LogP contribution in [0.15, 0.2) is 12.3 Å². The van der Waals surface area contributed by atoms with E-state index in [2.05, 4.69) is 16.8 Å². The molecule has 0 atom stereocenters. The number of carboxylic acids is 1.